The molecule has 2 saturated heterocycles. The fourth-order valence-corrected chi connectivity index (χ4v) is 3.63. The smallest absolute Gasteiger partial charge is 0.410 e. The van der Waals surface area contributed by atoms with E-state index in [1.54, 1.807) is 12.0 Å². The van der Waals surface area contributed by atoms with Gasteiger partial charge in [-0.2, -0.15) is 0 Å². The van der Waals surface area contributed by atoms with E-state index in [-0.39, 0.29) is 29.9 Å². The van der Waals surface area contributed by atoms with Gasteiger partial charge in [-0.05, 0) is 33.6 Å². The van der Waals surface area contributed by atoms with Crippen molar-refractivity contribution in [2.45, 2.75) is 57.7 Å². The molecular weight excluding hydrogens is 366 g/mol. The van der Waals surface area contributed by atoms with Crippen molar-refractivity contribution < 1.29 is 33.3 Å². The van der Waals surface area contributed by atoms with Gasteiger partial charge in [-0.1, -0.05) is 0 Å². The molecule has 0 spiro atoms. The zero-order valence-corrected chi connectivity index (χ0v) is 17.6. The normalized spacial score (nSPS) is 24.9. The second-order valence-electron chi connectivity index (χ2n) is 8.33. The van der Waals surface area contributed by atoms with Crippen molar-refractivity contribution in [2.75, 3.05) is 53.4 Å². The van der Waals surface area contributed by atoms with E-state index in [0.717, 1.165) is 0 Å². The molecule has 2 unspecified atom stereocenters. The molecule has 8 heteroatoms. The fourth-order valence-electron chi connectivity index (χ4n) is 3.63. The van der Waals surface area contributed by atoms with Gasteiger partial charge in [-0.15, -0.1) is 0 Å². The summed E-state index contributed by atoms with van der Waals surface area (Å²) in [7, 11) is 1.63. The number of piperidine rings is 1. The molecule has 2 bridgehead atoms. The lowest BCUT2D eigenvalue weighted by atomic mass is 9.82. The minimum absolute atomic E-state index is 0.0564. The number of hydrogen-bond donors (Lipinski definition) is 0. The molecule has 2 aliphatic heterocycles. The number of rotatable bonds is 10. The number of hydrogen-bond acceptors (Lipinski definition) is 7. The monoisotopic (exact) mass is 401 g/mol. The summed E-state index contributed by atoms with van der Waals surface area (Å²) in [5.74, 6) is 0.139. The molecule has 2 heterocycles. The number of ketones is 1. The summed E-state index contributed by atoms with van der Waals surface area (Å²) in [6, 6.07) is -0.210. The fraction of sp³-hybridized carbons (Fsp3) is 0.900. The first-order chi connectivity index (χ1) is 13.3. The van der Waals surface area contributed by atoms with Crippen molar-refractivity contribution >= 4 is 11.9 Å². The van der Waals surface area contributed by atoms with E-state index >= 15 is 0 Å². The number of Topliss-reactive ketones (excluding diaryl/α,β-unsaturated/α-hetero) is 1. The average molecular weight is 402 g/mol. The van der Waals surface area contributed by atoms with Crippen LogP contribution < -0.4 is 0 Å². The summed E-state index contributed by atoms with van der Waals surface area (Å²) < 4.78 is 26.9. The van der Waals surface area contributed by atoms with E-state index in [1.807, 2.05) is 20.8 Å². The third-order valence-corrected chi connectivity index (χ3v) is 4.88. The molecule has 2 fully saturated rings. The molecule has 0 aromatic rings. The van der Waals surface area contributed by atoms with Crippen molar-refractivity contribution in [3.05, 3.63) is 0 Å². The number of fused-ring (bicyclic) bond motifs is 2. The first-order valence-electron chi connectivity index (χ1n) is 10.1. The molecule has 2 rings (SSSR count). The predicted molar refractivity (Wildman–Crippen MR) is 102 cm³/mol. The Labute approximate surface area is 167 Å². The first-order valence-corrected chi connectivity index (χ1v) is 10.1. The van der Waals surface area contributed by atoms with Crippen molar-refractivity contribution in [3.8, 4) is 0 Å². The Bertz CT molecular complexity index is 491. The maximum atomic E-state index is 12.6. The quantitative estimate of drug-likeness (QED) is 0.518. The number of carbonyl (C=O) groups excluding carboxylic acids is 2. The molecule has 2 aliphatic rings. The highest BCUT2D eigenvalue weighted by Crippen LogP contribution is 2.33. The summed E-state index contributed by atoms with van der Waals surface area (Å²) in [6.07, 6.45) is 1.31. The molecule has 0 saturated carbocycles. The van der Waals surface area contributed by atoms with E-state index in [1.165, 1.54) is 0 Å². The van der Waals surface area contributed by atoms with Crippen LogP contribution in [-0.4, -0.2) is 87.8 Å². The third-order valence-electron chi connectivity index (χ3n) is 4.88. The Hall–Kier alpha value is -1.22. The van der Waals surface area contributed by atoms with Crippen molar-refractivity contribution in [3.63, 3.8) is 0 Å². The average Bonchev–Trinajstić information content (AvgIpc) is 2.61. The van der Waals surface area contributed by atoms with Crippen LogP contribution in [0.25, 0.3) is 0 Å². The summed E-state index contributed by atoms with van der Waals surface area (Å²) in [5.41, 5.74) is -0.538. The maximum absolute atomic E-state index is 12.6. The van der Waals surface area contributed by atoms with E-state index in [9.17, 15) is 9.59 Å². The van der Waals surface area contributed by atoms with Crippen LogP contribution in [0, 0.1) is 5.92 Å². The van der Waals surface area contributed by atoms with Gasteiger partial charge in [0.2, 0.25) is 0 Å². The van der Waals surface area contributed by atoms with Crippen LogP contribution in [0.2, 0.25) is 0 Å². The standard InChI is InChI=1S/C20H35NO7/c1-20(2,3)28-19(23)21-16-11-15(12-17(21)14-27-13-16)18(22)5-6-25-9-10-26-8-7-24-4/h15-17H,5-14H2,1-4H3. The predicted octanol–water partition coefficient (Wildman–Crippen LogP) is 2.04. The second-order valence-corrected chi connectivity index (χ2v) is 8.33. The van der Waals surface area contributed by atoms with Crippen LogP contribution in [0.15, 0.2) is 0 Å². The number of amides is 1. The maximum Gasteiger partial charge on any atom is 0.410 e. The summed E-state index contributed by atoms with van der Waals surface area (Å²) in [5, 5.41) is 0. The van der Waals surface area contributed by atoms with E-state index in [4.69, 9.17) is 23.7 Å². The van der Waals surface area contributed by atoms with Crippen LogP contribution >= 0.6 is 0 Å². The van der Waals surface area contributed by atoms with Crippen LogP contribution in [0.1, 0.15) is 40.0 Å². The molecule has 0 aromatic carbocycles. The molecular formula is C20H35NO7. The Kier molecular flexibility index (Phi) is 9.14. The zero-order chi connectivity index (χ0) is 20.6. The number of carbonyl (C=O) groups is 2. The molecule has 0 aliphatic carbocycles. The van der Waals surface area contributed by atoms with E-state index in [0.29, 0.717) is 65.5 Å². The van der Waals surface area contributed by atoms with Gasteiger partial charge in [0.05, 0.1) is 58.3 Å². The Morgan fingerprint density at radius 3 is 2.11 bits per heavy atom. The Balaban J connectivity index is 1.73. The van der Waals surface area contributed by atoms with E-state index in [2.05, 4.69) is 0 Å². The highest BCUT2D eigenvalue weighted by Gasteiger charge is 2.44. The van der Waals surface area contributed by atoms with Gasteiger partial charge in [-0.25, -0.2) is 4.79 Å². The summed E-state index contributed by atoms with van der Waals surface area (Å²) in [6.45, 7) is 8.93. The molecule has 162 valence electrons. The van der Waals surface area contributed by atoms with Gasteiger partial charge in [0.15, 0.2) is 0 Å². The van der Waals surface area contributed by atoms with Gasteiger partial charge in [0, 0.05) is 19.4 Å². The number of morpholine rings is 1. The highest BCUT2D eigenvalue weighted by molar-refractivity contribution is 5.81. The molecule has 8 nitrogen and oxygen atoms in total. The minimum Gasteiger partial charge on any atom is -0.444 e. The second kappa shape index (κ2) is 11.1. The number of ether oxygens (including phenoxy) is 5. The highest BCUT2D eigenvalue weighted by atomic mass is 16.6. The minimum atomic E-state index is -0.538. The molecule has 1 amide bonds. The largest absolute Gasteiger partial charge is 0.444 e. The topological polar surface area (TPSA) is 83.5 Å². The zero-order valence-electron chi connectivity index (χ0n) is 17.6. The molecule has 28 heavy (non-hydrogen) atoms. The lowest BCUT2D eigenvalue weighted by molar-refractivity contribution is -0.133. The van der Waals surface area contributed by atoms with Gasteiger partial charge >= 0.3 is 6.09 Å². The third kappa shape index (κ3) is 7.31. The summed E-state index contributed by atoms with van der Waals surface area (Å²) >= 11 is 0. The first kappa shape index (κ1) is 23.1. The summed E-state index contributed by atoms with van der Waals surface area (Å²) in [4.78, 5) is 27.0. The molecule has 0 radical (unpaired) electrons. The van der Waals surface area contributed by atoms with Crippen LogP contribution in [-0.2, 0) is 28.5 Å². The Morgan fingerprint density at radius 1 is 0.964 bits per heavy atom. The van der Waals surface area contributed by atoms with E-state index < -0.39 is 5.60 Å². The van der Waals surface area contributed by atoms with Crippen molar-refractivity contribution in [1.29, 1.82) is 0 Å². The van der Waals surface area contributed by atoms with Gasteiger partial charge in [0.25, 0.3) is 0 Å². The number of methoxy groups -OCH3 is 1. The Morgan fingerprint density at radius 2 is 1.54 bits per heavy atom. The van der Waals surface area contributed by atoms with Gasteiger partial charge in [-0.3, -0.25) is 9.69 Å². The van der Waals surface area contributed by atoms with Crippen LogP contribution in [0.5, 0.6) is 0 Å². The van der Waals surface area contributed by atoms with Crippen LogP contribution in [0.3, 0.4) is 0 Å². The van der Waals surface area contributed by atoms with Gasteiger partial charge in [0.1, 0.15) is 11.4 Å². The van der Waals surface area contributed by atoms with Crippen molar-refractivity contribution in [1.82, 2.24) is 4.90 Å². The van der Waals surface area contributed by atoms with Gasteiger partial charge < -0.3 is 23.7 Å². The van der Waals surface area contributed by atoms with Crippen LogP contribution in [0.4, 0.5) is 4.79 Å². The molecule has 2 atom stereocenters. The SMILES string of the molecule is COCCOCCOCCC(=O)C1CC2COCC(C1)N2C(=O)OC(C)(C)C. The molecule has 0 aromatic heterocycles. The lowest BCUT2D eigenvalue weighted by Gasteiger charge is -2.47. The van der Waals surface area contributed by atoms with Crippen molar-refractivity contribution in [2.24, 2.45) is 5.92 Å². The lowest BCUT2D eigenvalue weighted by Crippen LogP contribution is -2.60. The molecule has 0 N–H and O–H groups in total. The number of nitrogens with zero attached hydrogens (tertiary/aromatic N) is 1.